The molecule has 0 spiro atoms. The quantitative estimate of drug-likeness (QED) is 0.792. The van der Waals surface area contributed by atoms with Crippen molar-refractivity contribution >= 4 is 28.2 Å². The number of rotatable bonds is 5. The van der Waals surface area contributed by atoms with E-state index in [1.807, 2.05) is 0 Å². The van der Waals surface area contributed by atoms with E-state index in [0.717, 1.165) is 19.1 Å². The Hall–Kier alpha value is -0.330. The van der Waals surface area contributed by atoms with Crippen molar-refractivity contribution in [3.05, 3.63) is 0 Å². The number of hydrogen-bond donors (Lipinski definition) is 2. The van der Waals surface area contributed by atoms with Gasteiger partial charge in [-0.05, 0) is 37.5 Å². The number of halogens is 1. The fourth-order valence-corrected chi connectivity index (χ4v) is 3.53. The van der Waals surface area contributed by atoms with E-state index in [2.05, 4.69) is 19.2 Å². The molecule has 0 aromatic rings. The lowest BCUT2D eigenvalue weighted by atomic mass is 9.80. The van der Waals surface area contributed by atoms with Gasteiger partial charge >= 0.3 is 0 Å². The Balaban J connectivity index is 0.00000361. The van der Waals surface area contributed by atoms with Crippen LogP contribution in [0.3, 0.4) is 0 Å². The Morgan fingerprint density at radius 3 is 2.20 bits per heavy atom. The van der Waals surface area contributed by atoms with E-state index >= 15 is 0 Å². The van der Waals surface area contributed by atoms with Crippen LogP contribution in [-0.2, 0) is 14.6 Å². The van der Waals surface area contributed by atoms with E-state index in [9.17, 15) is 13.2 Å². The molecule has 1 fully saturated rings. The molecule has 0 saturated heterocycles. The van der Waals surface area contributed by atoms with Crippen LogP contribution in [0.2, 0.25) is 0 Å². The maximum Gasteiger partial charge on any atom is 0.237 e. The van der Waals surface area contributed by atoms with E-state index in [1.54, 1.807) is 0 Å². The Morgan fingerprint density at radius 2 is 1.75 bits per heavy atom. The van der Waals surface area contributed by atoms with Crippen LogP contribution in [0.1, 0.15) is 39.5 Å². The number of carbonyl (C=O) groups is 1. The fraction of sp³-hybridized carbons (Fsp3) is 0.923. The van der Waals surface area contributed by atoms with Gasteiger partial charge in [-0.2, -0.15) is 0 Å². The molecule has 3 N–H and O–H groups in total. The molecule has 1 aliphatic rings. The first-order valence-electron chi connectivity index (χ1n) is 6.91. The van der Waals surface area contributed by atoms with Gasteiger partial charge in [-0.25, -0.2) is 8.42 Å². The molecule has 0 aliphatic heterocycles. The lowest BCUT2D eigenvalue weighted by Crippen LogP contribution is -2.48. The lowest BCUT2D eigenvalue weighted by molar-refractivity contribution is -0.123. The van der Waals surface area contributed by atoms with Crippen molar-refractivity contribution in [2.24, 2.45) is 17.6 Å². The van der Waals surface area contributed by atoms with Crippen LogP contribution in [0.15, 0.2) is 0 Å². The summed E-state index contributed by atoms with van der Waals surface area (Å²) < 4.78 is 22.1. The molecule has 0 heterocycles. The highest BCUT2D eigenvalue weighted by Crippen LogP contribution is 2.28. The molecule has 5 nitrogen and oxygen atoms in total. The predicted octanol–water partition coefficient (Wildman–Crippen LogP) is 1.11. The highest BCUT2D eigenvalue weighted by atomic mass is 35.5. The van der Waals surface area contributed by atoms with Gasteiger partial charge in [0, 0.05) is 12.3 Å². The second-order valence-corrected chi connectivity index (χ2v) is 8.41. The van der Waals surface area contributed by atoms with Crippen molar-refractivity contribution < 1.29 is 13.2 Å². The standard InChI is InChI=1S/C13H26N2O3S.ClH/c1-9-6-10(2)8-11(7-9)15-13(16)12(14)4-5-19(3,17)18;/h9-12H,4-8,14H2,1-3H3,(H,15,16);1H. The lowest BCUT2D eigenvalue weighted by Gasteiger charge is -2.32. The SMILES string of the molecule is CC1CC(C)CC(NC(=O)C(N)CCS(C)(=O)=O)C1.Cl. The summed E-state index contributed by atoms with van der Waals surface area (Å²) in [5.41, 5.74) is 5.73. The van der Waals surface area contributed by atoms with Gasteiger partial charge in [0.2, 0.25) is 5.91 Å². The van der Waals surface area contributed by atoms with Crippen molar-refractivity contribution in [1.82, 2.24) is 5.32 Å². The summed E-state index contributed by atoms with van der Waals surface area (Å²) in [5.74, 6) is 0.955. The van der Waals surface area contributed by atoms with Crippen LogP contribution >= 0.6 is 12.4 Å². The van der Waals surface area contributed by atoms with E-state index in [4.69, 9.17) is 5.73 Å². The smallest absolute Gasteiger partial charge is 0.237 e. The Labute approximate surface area is 128 Å². The fourth-order valence-electron chi connectivity index (χ4n) is 2.85. The average molecular weight is 327 g/mol. The molecule has 0 radical (unpaired) electrons. The largest absolute Gasteiger partial charge is 0.352 e. The minimum atomic E-state index is -3.06. The average Bonchev–Trinajstić information content (AvgIpc) is 2.23. The first-order valence-corrected chi connectivity index (χ1v) is 8.97. The summed E-state index contributed by atoms with van der Waals surface area (Å²) in [4.78, 5) is 11.9. The van der Waals surface area contributed by atoms with Crippen LogP contribution in [-0.4, -0.2) is 38.4 Å². The molecule has 0 aromatic heterocycles. The molecule has 7 heteroatoms. The second-order valence-electron chi connectivity index (χ2n) is 6.15. The Bertz CT molecular complexity index is 404. The molecule has 3 atom stereocenters. The molecule has 1 aliphatic carbocycles. The van der Waals surface area contributed by atoms with E-state index in [1.165, 1.54) is 6.42 Å². The molecule has 1 amide bonds. The summed E-state index contributed by atoms with van der Waals surface area (Å²) in [5, 5.41) is 2.96. The van der Waals surface area contributed by atoms with Crippen LogP contribution in [0, 0.1) is 11.8 Å². The van der Waals surface area contributed by atoms with Crippen molar-refractivity contribution in [2.45, 2.75) is 51.6 Å². The highest BCUT2D eigenvalue weighted by molar-refractivity contribution is 7.90. The van der Waals surface area contributed by atoms with Crippen molar-refractivity contribution in [3.63, 3.8) is 0 Å². The summed E-state index contributed by atoms with van der Waals surface area (Å²) in [6.07, 6.45) is 4.50. The third-order valence-corrected chi connectivity index (χ3v) is 4.64. The molecule has 0 bridgehead atoms. The summed E-state index contributed by atoms with van der Waals surface area (Å²) >= 11 is 0. The van der Waals surface area contributed by atoms with Crippen LogP contribution < -0.4 is 11.1 Å². The third-order valence-electron chi connectivity index (χ3n) is 3.66. The highest BCUT2D eigenvalue weighted by Gasteiger charge is 2.26. The summed E-state index contributed by atoms with van der Waals surface area (Å²) in [6, 6.07) is -0.558. The zero-order valence-electron chi connectivity index (χ0n) is 12.5. The van der Waals surface area contributed by atoms with Gasteiger partial charge in [0.25, 0.3) is 0 Å². The van der Waals surface area contributed by atoms with Gasteiger partial charge in [-0.3, -0.25) is 4.79 Å². The van der Waals surface area contributed by atoms with E-state index in [-0.39, 0.29) is 36.5 Å². The van der Waals surface area contributed by atoms with Crippen LogP contribution in [0.4, 0.5) is 0 Å². The number of carbonyl (C=O) groups excluding carboxylic acids is 1. The molecule has 3 unspecified atom stereocenters. The zero-order valence-corrected chi connectivity index (χ0v) is 14.1. The van der Waals surface area contributed by atoms with Crippen molar-refractivity contribution in [3.8, 4) is 0 Å². The molecule has 120 valence electrons. The van der Waals surface area contributed by atoms with Crippen molar-refractivity contribution in [2.75, 3.05) is 12.0 Å². The van der Waals surface area contributed by atoms with Gasteiger partial charge in [-0.1, -0.05) is 13.8 Å². The number of hydrogen-bond acceptors (Lipinski definition) is 4. The maximum absolute atomic E-state index is 11.9. The third kappa shape index (κ3) is 7.45. The minimum Gasteiger partial charge on any atom is -0.352 e. The van der Waals surface area contributed by atoms with Gasteiger partial charge in [0.15, 0.2) is 0 Å². The van der Waals surface area contributed by atoms with Gasteiger partial charge in [0.05, 0.1) is 11.8 Å². The van der Waals surface area contributed by atoms with Crippen LogP contribution in [0.5, 0.6) is 0 Å². The number of amides is 1. The normalized spacial score (nSPS) is 28.3. The van der Waals surface area contributed by atoms with E-state index < -0.39 is 15.9 Å². The molecule has 1 saturated carbocycles. The molecular weight excluding hydrogens is 300 g/mol. The molecule has 1 rings (SSSR count). The number of nitrogens with two attached hydrogens (primary N) is 1. The summed E-state index contributed by atoms with van der Waals surface area (Å²) in [7, 11) is -3.06. The first kappa shape index (κ1) is 19.7. The van der Waals surface area contributed by atoms with E-state index in [0.29, 0.717) is 11.8 Å². The topological polar surface area (TPSA) is 89.3 Å². The van der Waals surface area contributed by atoms with Gasteiger partial charge in [0.1, 0.15) is 9.84 Å². The maximum atomic E-state index is 11.9. The Kier molecular flexibility index (Phi) is 8.06. The van der Waals surface area contributed by atoms with Crippen molar-refractivity contribution in [1.29, 1.82) is 0 Å². The number of nitrogens with one attached hydrogen (secondary N) is 1. The second kappa shape index (κ2) is 8.20. The number of sulfone groups is 1. The van der Waals surface area contributed by atoms with Gasteiger partial charge < -0.3 is 11.1 Å². The van der Waals surface area contributed by atoms with Crippen LogP contribution in [0.25, 0.3) is 0 Å². The molecule has 20 heavy (non-hydrogen) atoms. The zero-order chi connectivity index (χ0) is 14.6. The minimum absolute atomic E-state index is 0. The predicted molar refractivity (Wildman–Crippen MR) is 83.7 cm³/mol. The Morgan fingerprint density at radius 1 is 1.25 bits per heavy atom. The first-order chi connectivity index (χ1) is 8.67. The monoisotopic (exact) mass is 326 g/mol. The molecule has 0 aromatic carbocycles. The molecular formula is C13H27ClN2O3S. The van der Waals surface area contributed by atoms with Gasteiger partial charge in [-0.15, -0.1) is 12.4 Å². The summed E-state index contributed by atoms with van der Waals surface area (Å²) in [6.45, 7) is 4.39.